The number of urea groups is 1. The number of hydrogen-bond acceptors (Lipinski definition) is 4. The lowest BCUT2D eigenvalue weighted by Crippen LogP contribution is -2.54. The topological polar surface area (TPSA) is 81.2 Å². The van der Waals surface area contributed by atoms with E-state index in [9.17, 15) is 14.4 Å². The summed E-state index contributed by atoms with van der Waals surface area (Å²) in [7, 11) is 0. The van der Waals surface area contributed by atoms with Gasteiger partial charge in [0.1, 0.15) is 5.25 Å². The van der Waals surface area contributed by atoms with E-state index < -0.39 is 11.2 Å². The lowest BCUT2D eigenvalue weighted by molar-refractivity contribution is -0.136. The number of carboxylic acids is 1. The molecule has 0 radical (unpaired) electrons. The molecule has 27 heavy (non-hydrogen) atoms. The van der Waals surface area contributed by atoms with Gasteiger partial charge in [0.15, 0.2) is 0 Å². The summed E-state index contributed by atoms with van der Waals surface area (Å²) in [5.74, 6) is -1.03. The van der Waals surface area contributed by atoms with Crippen LogP contribution in [0.3, 0.4) is 0 Å². The summed E-state index contributed by atoms with van der Waals surface area (Å²) in [6, 6.07) is 7.10. The molecule has 1 saturated heterocycles. The molecule has 1 atom stereocenters. The van der Waals surface area contributed by atoms with E-state index in [0.29, 0.717) is 49.7 Å². The molecule has 1 N–H and O–H groups in total. The monoisotopic (exact) mass is 393 g/mol. The predicted octanol–water partition coefficient (Wildman–Crippen LogP) is 2.47. The Kier molecular flexibility index (Phi) is 7.53. The molecule has 0 saturated carbocycles. The van der Waals surface area contributed by atoms with Crippen molar-refractivity contribution in [3.8, 4) is 0 Å². The number of benzene rings is 1. The first kappa shape index (κ1) is 21.1. The molecule has 0 bridgehead atoms. The highest BCUT2D eigenvalue weighted by molar-refractivity contribution is 8.00. The highest BCUT2D eigenvalue weighted by Crippen LogP contribution is 2.28. The fourth-order valence-corrected chi connectivity index (χ4v) is 3.87. The molecule has 8 heteroatoms. The van der Waals surface area contributed by atoms with E-state index in [1.807, 2.05) is 13.8 Å². The zero-order valence-corrected chi connectivity index (χ0v) is 16.9. The molecule has 0 aliphatic carbocycles. The van der Waals surface area contributed by atoms with Crippen LogP contribution in [0.1, 0.15) is 31.1 Å². The summed E-state index contributed by atoms with van der Waals surface area (Å²) in [5.41, 5.74) is 0.513. The highest BCUT2D eigenvalue weighted by Gasteiger charge is 2.28. The summed E-state index contributed by atoms with van der Waals surface area (Å²) in [5, 5.41) is 8.49. The maximum Gasteiger partial charge on any atom is 0.320 e. The van der Waals surface area contributed by atoms with Crippen LogP contribution in [-0.4, -0.2) is 82.2 Å². The molecular formula is C19H27N3O4S. The third-order valence-electron chi connectivity index (χ3n) is 4.64. The fourth-order valence-electron chi connectivity index (χ4n) is 2.95. The first-order valence-corrected chi connectivity index (χ1v) is 10.1. The summed E-state index contributed by atoms with van der Waals surface area (Å²) >= 11 is 1.17. The lowest BCUT2D eigenvalue weighted by Gasteiger charge is -2.37. The van der Waals surface area contributed by atoms with Crippen LogP contribution in [0.4, 0.5) is 4.79 Å². The molecule has 2 rings (SSSR count). The number of amides is 3. The van der Waals surface area contributed by atoms with Gasteiger partial charge in [0.05, 0.1) is 5.56 Å². The van der Waals surface area contributed by atoms with Crippen molar-refractivity contribution in [3.05, 3.63) is 29.8 Å². The molecule has 0 spiro atoms. The number of carboxylic acid groups (broad SMARTS) is 1. The largest absolute Gasteiger partial charge is 0.480 e. The number of aliphatic carboxylic acids is 1. The van der Waals surface area contributed by atoms with Gasteiger partial charge in [-0.2, -0.15) is 0 Å². The quantitative estimate of drug-likeness (QED) is 0.751. The molecule has 1 unspecified atom stereocenters. The Bertz CT molecular complexity index is 685. The van der Waals surface area contributed by atoms with Crippen molar-refractivity contribution in [2.75, 3.05) is 39.3 Å². The Morgan fingerprint density at radius 3 is 2.19 bits per heavy atom. The fraction of sp³-hybridized carbons (Fsp3) is 0.526. The van der Waals surface area contributed by atoms with Crippen LogP contribution in [0.15, 0.2) is 29.2 Å². The average molecular weight is 394 g/mol. The van der Waals surface area contributed by atoms with Gasteiger partial charge in [-0.15, -0.1) is 11.8 Å². The molecule has 1 aliphatic heterocycles. The Morgan fingerprint density at radius 2 is 1.63 bits per heavy atom. The van der Waals surface area contributed by atoms with Crippen LogP contribution in [0.5, 0.6) is 0 Å². The van der Waals surface area contributed by atoms with Gasteiger partial charge >= 0.3 is 12.0 Å². The maximum absolute atomic E-state index is 12.9. The van der Waals surface area contributed by atoms with Gasteiger partial charge in [0.2, 0.25) is 0 Å². The van der Waals surface area contributed by atoms with Crippen LogP contribution in [0, 0.1) is 0 Å². The van der Waals surface area contributed by atoms with Gasteiger partial charge in [-0.05, 0) is 32.9 Å². The van der Waals surface area contributed by atoms with E-state index in [1.54, 1.807) is 45.9 Å². The van der Waals surface area contributed by atoms with E-state index in [2.05, 4.69) is 0 Å². The number of piperazine rings is 1. The second-order valence-electron chi connectivity index (χ2n) is 6.33. The summed E-state index contributed by atoms with van der Waals surface area (Å²) in [6.07, 6.45) is 0. The molecule has 3 amide bonds. The van der Waals surface area contributed by atoms with Crippen molar-refractivity contribution in [2.45, 2.75) is 30.9 Å². The van der Waals surface area contributed by atoms with Gasteiger partial charge in [-0.3, -0.25) is 9.59 Å². The van der Waals surface area contributed by atoms with Crippen LogP contribution < -0.4 is 0 Å². The van der Waals surface area contributed by atoms with Gasteiger partial charge in [0.25, 0.3) is 5.91 Å². The SMILES string of the molecule is CCN(CC)C(=O)N1CCN(C(=O)c2ccccc2SC(C)C(=O)O)CC1. The number of nitrogens with zero attached hydrogens (tertiary/aromatic N) is 3. The molecule has 1 aromatic carbocycles. The second kappa shape index (κ2) is 9.64. The van der Waals surface area contributed by atoms with Crippen molar-refractivity contribution in [3.63, 3.8) is 0 Å². The van der Waals surface area contributed by atoms with Crippen LogP contribution in [0.25, 0.3) is 0 Å². The molecule has 148 valence electrons. The Hall–Kier alpha value is -2.22. The van der Waals surface area contributed by atoms with Crippen molar-refractivity contribution < 1.29 is 19.5 Å². The Balaban J connectivity index is 2.04. The summed E-state index contributed by atoms with van der Waals surface area (Å²) < 4.78 is 0. The summed E-state index contributed by atoms with van der Waals surface area (Å²) in [6.45, 7) is 8.79. The maximum atomic E-state index is 12.9. The number of hydrogen-bond donors (Lipinski definition) is 1. The summed E-state index contributed by atoms with van der Waals surface area (Å²) in [4.78, 5) is 42.5. The average Bonchev–Trinajstić information content (AvgIpc) is 2.68. The van der Waals surface area contributed by atoms with Gasteiger partial charge in [0, 0.05) is 44.2 Å². The first-order valence-electron chi connectivity index (χ1n) is 9.20. The smallest absolute Gasteiger partial charge is 0.320 e. The second-order valence-corrected chi connectivity index (χ2v) is 7.71. The predicted molar refractivity (Wildman–Crippen MR) is 105 cm³/mol. The van der Waals surface area contributed by atoms with E-state index >= 15 is 0 Å². The van der Waals surface area contributed by atoms with E-state index in [1.165, 1.54) is 11.8 Å². The van der Waals surface area contributed by atoms with Crippen LogP contribution in [-0.2, 0) is 4.79 Å². The number of rotatable bonds is 6. The molecule has 1 heterocycles. The van der Waals surface area contributed by atoms with E-state index in [-0.39, 0.29) is 11.9 Å². The van der Waals surface area contributed by atoms with Gasteiger partial charge in [-0.25, -0.2) is 4.79 Å². The Labute approximate surface area is 164 Å². The third kappa shape index (κ3) is 5.15. The molecular weight excluding hydrogens is 366 g/mol. The molecule has 0 aromatic heterocycles. The molecule has 1 fully saturated rings. The normalized spacial score (nSPS) is 15.4. The van der Waals surface area contributed by atoms with Gasteiger partial charge < -0.3 is 19.8 Å². The lowest BCUT2D eigenvalue weighted by atomic mass is 10.2. The zero-order valence-electron chi connectivity index (χ0n) is 16.1. The van der Waals surface area contributed by atoms with Crippen molar-refractivity contribution in [1.82, 2.24) is 14.7 Å². The van der Waals surface area contributed by atoms with Crippen molar-refractivity contribution in [1.29, 1.82) is 0 Å². The van der Waals surface area contributed by atoms with E-state index in [0.717, 1.165) is 0 Å². The minimum atomic E-state index is -0.911. The molecule has 7 nitrogen and oxygen atoms in total. The van der Waals surface area contributed by atoms with Crippen molar-refractivity contribution in [2.24, 2.45) is 0 Å². The third-order valence-corrected chi connectivity index (χ3v) is 5.81. The first-order chi connectivity index (χ1) is 12.9. The highest BCUT2D eigenvalue weighted by atomic mass is 32.2. The van der Waals surface area contributed by atoms with Crippen molar-refractivity contribution >= 4 is 29.7 Å². The number of carbonyl (C=O) groups is 3. The van der Waals surface area contributed by atoms with Crippen LogP contribution >= 0.6 is 11.8 Å². The van der Waals surface area contributed by atoms with E-state index in [4.69, 9.17) is 5.11 Å². The standard InChI is InChI=1S/C19H27N3O4S/c1-4-20(5-2)19(26)22-12-10-21(11-13-22)17(23)15-8-6-7-9-16(15)27-14(3)18(24)25/h6-9,14H,4-5,10-13H2,1-3H3,(H,24,25). The molecule has 1 aliphatic rings. The van der Waals surface area contributed by atoms with Gasteiger partial charge in [-0.1, -0.05) is 12.1 Å². The number of thioether (sulfide) groups is 1. The molecule has 1 aromatic rings. The minimum Gasteiger partial charge on any atom is -0.480 e. The van der Waals surface area contributed by atoms with Crippen LogP contribution in [0.2, 0.25) is 0 Å². The zero-order chi connectivity index (χ0) is 20.0. The number of carbonyl (C=O) groups excluding carboxylic acids is 2. The minimum absolute atomic E-state index is 0.0123. The Morgan fingerprint density at radius 1 is 1.07 bits per heavy atom.